The van der Waals surface area contributed by atoms with E-state index >= 15 is 0 Å². The van der Waals surface area contributed by atoms with Gasteiger partial charge in [0.2, 0.25) is 0 Å². The van der Waals surface area contributed by atoms with Crippen molar-refractivity contribution < 1.29 is 9.53 Å². The molecule has 2 rings (SSSR count). The monoisotopic (exact) mass is 335 g/mol. The lowest BCUT2D eigenvalue weighted by atomic mass is 10.2. The van der Waals surface area contributed by atoms with Gasteiger partial charge in [-0.1, -0.05) is 15.9 Å². The number of carbonyl (C=O) groups is 1. The van der Waals surface area contributed by atoms with Crippen molar-refractivity contribution in [3.8, 4) is 5.75 Å². The van der Waals surface area contributed by atoms with E-state index in [1.807, 2.05) is 6.07 Å². The number of nitrogens with one attached hydrogen (secondary N) is 2. The van der Waals surface area contributed by atoms with E-state index in [9.17, 15) is 4.79 Å². The van der Waals surface area contributed by atoms with Gasteiger partial charge in [0.15, 0.2) is 0 Å². The molecule has 0 saturated carbocycles. The largest absolute Gasteiger partial charge is 0.495 e. The van der Waals surface area contributed by atoms with Crippen molar-refractivity contribution in [2.24, 2.45) is 0 Å². The quantitative estimate of drug-likeness (QED) is 0.900. The van der Waals surface area contributed by atoms with Gasteiger partial charge in [-0.05, 0) is 30.3 Å². The molecule has 2 N–H and O–H groups in total. The summed E-state index contributed by atoms with van der Waals surface area (Å²) in [7, 11) is 3.35. The summed E-state index contributed by atoms with van der Waals surface area (Å²) in [4.78, 5) is 16.2. The molecule has 0 bridgehead atoms. The number of anilines is 2. The summed E-state index contributed by atoms with van der Waals surface area (Å²) in [5, 5.41) is 5.73. The Morgan fingerprint density at radius 1 is 1.30 bits per heavy atom. The standard InChI is InChI=1S/C14H14BrN3O2/c1-16-10-4-5-11(17-8-10)14(19)18-12-7-9(15)3-6-13(12)20-2/h3-8,16H,1-2H3,(H,18,19). The first kappa shape index (κ1) is 14.3. The molecule has 1 heterocycles. The summed E-state index contributed by atoms with van der Waals surface area (Å²) in [6.45, 7) is 0. The zero-order valence-electron chi connectivity index (χ0n) is 11.1. The maximum atomic E-state index is 12.1. The highest BCUT2D eigenvalue weighted by atomic mass is 79.9. The Hall–Kier alpha value is -2.08. The van der Waals surface area contributed by atoms with Gasteiger partial charge in [0, 0.05) is 11.5 Å². The fourth-order valence-corrected chi connectivity index (χ4v) is 2.00. The first-order valence-electron chi connectivity index (χ1n) is 5.92. The van der Waals surface area contributed by atoms with E-state index in [1.54, 1.807) is 44.6 Å². The molecule has 0 spiro atoms. The van der Waals surface area contributed by atoms with Gasteiger partial charge in [0.05, 0.1) is 24.7 Å². The molecule has 1 amide bonds. The van der Waals surface area contributed by atoms with Crippen LogP contribution in [0.4, 0.5) is 11.4 Å². The maximum absolute atomic E-state index is 12.1. The Morgan fingerprint density at radius 3 is 2.70 bits per heavy atom. The smallest absolute Gasteiger partial charge is 0.274 e. The number of rotatable bonds is 4. The second kappa shape index (κ2) is 6.38. The zero-order valence-corrected chi connectivity index (χ0v) is 12.7. The third-order valence-corrected chi connectivity index (χ3v) is 3.19. The third-order valence-electron chi connectivity index (χ3n) is 2.69. The van der Waals surface area contributed by atoms with Crippen LogP contribution in [0.2, 0.25) is 0 Å². The molecule has 2 aromatic rings. The fraction of sp³-hybridized carbons (Fsp3) is 0.143. The summed E-state index contributed by atoms with van der Waals surface area (Å²) in [5.74, 6) is 0.303. The Labute approximate surface area is 125 Å². The minimum Gasteiger partial charge on any atom is -0.495 e. The van der Waals surface area contributed by atoms with Crippen LogP contribution in [0.25, 0.3) is 0 Å². The number of halogens is 1. The second-order valence-corrected chi connectivity index (χ2v) is 4.90. The van der Waals surface area contributed by atoms with E-state index in [2.05, 4.69) is 31.5 Å². The topological polar surface area (TPSA) is 63.2 Å². The van der Waals surface area contributed by atoms with Gasteiger partial charge in [-0.3, -0.25) is 4.79 Å². The first-order chi connectivity index (χ1) is 9.63. The Morgan fingerprint density at radius 2 is 2.10 bits per heavy atom. The van der Waals surface area contributed by atoms with Gasteiger partial charge in [-0.15, -0.1) is 0 Å². The summed E-state index contributed by atoms with van der Waals surface area (Å²) < 4.78 is 6.06. The molecule has 0 aliphatic heterocycles. The van der Waals surface area contributed by atoms with E-state index in [1.165, 1.54) is 0 Å². The highest BCUT2D eigenvalue weighted by Gasteiger charge is 2.11. The molecule has 0 saturated heterocycles. The predicted molar refractivity (Wildman–Crippen MR) is 82.4 cm³/mol. The molecule has 104 valence electrons. The molecule has 0 radical (unpaired) electrons. The first-order valence-corrected chi connectivity index (χ1v) is 6.72. The molecule has 1 aromatic heterocycles. The zero-order chi connectivity index (χ0) is 14.5. The van der Waals surface area contributed by atoms with Crippen LogP contribution in [0, 0.1) is 0 Å². The van der Waals surface area contributed by atoms with Crippen LogP contribution in [0.15, 0.2) is 41.0 Å². The second-order valence-electron chi connectivity index (χ2n) is 3.98. The molecule has 0 aliphatic carbocycles. The Bertz CT molecular complexity index is 614. The number of hydrogen-bond acceptors (Lipinski definition) is 4. The average molecular weight is 336 g/mol. The third kappa shape index (κ3) is 3.27. The van der Waals surface area contributed by atoms with Crippen LogP contribution >= 0.6 is 15.9 Å². The van der Waals surface area contributed by atoms with Crippen molar-refractivity contribution in [1.82, 2.24) is 4.98 Å². The lowest BCUT2D eigenvalue weighted by Crippen LogP contribution is -2.14. The van der Waals surface area contributed by atoms with E-state index in [-0.39, 0.29) is 5.91 Å². The molecule has 1 aromatic carbocycles. The molecule has 0 atom stereocenters. The van der Waals surface area contributed by atoms with Gasteiger partial charge in [0.25, 0.3) is 5.91 Å². The average Bonchev–Trinajstić information content (AvgIpc) is 2.47. The maximum Gasteiger partial charge on any atom is 0.274 e. The van der Waals surface area contributed by atoms with Crippen molar-refractivity contribution in [3.63, 3.8) is 0 Å². The summed E-state index contributed by atoms with van der Waals surface area (Å²) in [5.41, 5.74) is 1.78. The molecule has 5 nitrogen and oxygen atoms in total. The van der Waals surface area contributed by atoms with Crippen molar-refractivity contribution in [2.75, 3.05) is 24.8 Å². The van der Waals surface area contributed by atoms with E-state index in [0.717, 1.165) is 10.2 Å². The number of aromatic nitrogens is 1. The number of nitrogens with zero attached hydrogens (tertiary/aromatic N) is 1. The summed E-state index contributed by atoms with van der Waals surface area (Å²) in [6, 6.07) is 8.84. The van der Waals surface area contributed by atoms with E-state index < -0.39 is 0 Å². The lowest BCUT2D eigenvalue weighted by molar-refractivity contribution is 0.102. The van der Waals surface area contributed by atoms with Gasteiger partial charge in [0.1, 0.15) is 11.4 Å². The van der Waals surface area contributed by atoms with Crippen molar-refractivity contribution in [2.45, 2.75) is 0 Å². The summed E-state index contributed by atoms with van der Waals surface area (Å²) in [6.07, 6.45) is 1.60. The van der Waals surface area contributed by atoms with Gasteiger partial charge in [-0.2, -0.15) is 0 Å². The number of methoxy groups -OCH3 is 1. The van der Waals surface area contributed by atoms with Crippen molar-refractivity contribution in [1.29, 1.82) is 0 Å². The van der Waals surface area contributed by atoms with Crippen LogP contribution in [-0.2, 0) is 0 Å². The molecule has 0 aliphatic rings. The van der Waals surface area contributed by atoms with Crippen molar-refractivity contribution in [3.05, 3.63) is 46.7 Å². The number of ether oxygens (including phenoxy) is 1. The number of pyridine rings is 1. The highest BCUT2D eigenvalue weighted by molar-refractivity contribution is 9.10. The fourth-order valence-electron chi connectivity index (χ4n) is 1.64. The van der Waals surface area contributed by atoms with Gasteiger partial charge >= 0.3 is 0 Å². The van der Waals surface area contributed by atoms with E-state index in [0.29, 0.717) is 17.1 Å². The minimum atomic E-state index is -0.288. The van der Waals surface area contributed by atoms with Crippen LogP contribution < -0.4 is 15.4 Å². The molecule has 20 heavy (non-hydrogen) atoms. The SMILES string of the molecule is CNc1ccc(C(=O)Nc2cc(Br)ccc2OC)nc1. The highest BCUT2D eigenvalue weighted by Crippen LogP contribution is 2.28. The van der Waals surface area contributed by atoms with Crippen LogP contribution in [0.1, 0.15) is 10.5 Å². The van der Waals surface area contributed by atoms with Gasteiger partial charge in [-0.25, -0.2) is 4.98 Å². The van der Waals surface area contributed by atoms with E-state index in [4.69, 9.17) is 4.74 Å². The predicted octanol–water partition coefficient (Wildman–Crippen LogP) is 3.15. The molecular weight excluding hydrogens is 322 g/mol. The van der Waals surface area contributed by atoms with Crippen LogP contribution in [0.5, 0.6) is 5.75 Å². The molecule has 0 fully saturated rings. The number of hydrogen-bond donors (Lipinski definition) is 2. The number of amides is 1. The normalized spacial score (nSPS) is 9.95. The molecule has 0 unspecified atom stereocenters. The number of benzene rings is 1. The minimum absolute atomic E-state index is 0.288. The number of carbonyl (C=O) groups excluding carboxylic acids is 1. The van der Waals surface area contributed by atoms with Crippen LogP contribution in [-0.4, -0.2) is 25.0 Å². The summed E-state index contributed by atoms with van der Waals surface area (Å²) >= 11 is 3.36. The molecular formula is C14H14BrN3O2. The Kier molecular flexibility index (Phi) is 4.57. The van der Waals surface area contributed by atoms with Crippen LogP contribution in [0.3, 0.4) is 0 Å². The van der Waals surface area contributed by atoms with Crippen molar-refractivity contribution >= 4 is 33.2 Å². The Balaban J connectivity index is 2.20. The van der Waals surface area contributed by atoms with Gasteiger partial charge < -0.3 is 15.4 Å². The lowest BCUT2D eigenvalue weighted by Gasteiger charge is -2.10. The molecule has 6 heteroatoms.